The Labute approximate surface area is 74.0 Å². The highest BCUT2D eigenvalue weighted by Gasteiger charge is 2.23. The lowest BCUT2D eigenvalue weighted by atomic mass is 9.86. The molecule has 68 valence electrons. The maximum Gasteiger partial charge on any atom is 0.127 e. The molecule has 0 radical (unpaired) electrons. The zero-order valence-corrected chi connectivity index (χ0v) is 8.51. The van der Waals surface area contributed by atoms with Gasteiger partial charge in [0.05, 0.1) is 5.69 Å². The van der Waals surface area contributed by atoms with Gasteiger partial charge in [0.2, 0.25) is 0 Å². The fourth-order valence-electron chi connectivity index (χ4n) is 1.22. The lowest BCUT2D eigenvalue weighted by Crippen LogP contribution is -2.14. The molecule has 0 bridgehead atoms. The Kier molecular flexibility index (Phi) is 2.27. The van der Waals surface area contributed by atoms with Gasteiger partial charge in [-0.15, -0.1) is 0 Å². The lowest BCUT2D eigenvalue weighted by molar-refractivity contribution is 0.393. The van der Waals surface area contributed by atoms with Crippen LogP contribution in [0.5, 0.6) is 0 Å². The first-order chi connectivity index (χ1) is 5.43. The highest BCUT2D eigenvalue weighted by atomic mass is 16.5. The first-order valence-electron chi connectivity index (χ1n) is 4.37. The molecule has 0 aliphatic rings. The van der Waals surface area contributed by atoms with Crippen molar-refractivity contribution >= 4 is 0 Å². The Balaban J connectivity index is 3.08. The number of hydrogen-bond acceptors (Lipinski definition) is 2. The second kappa shape index (κ2) is 2.92. The quantitative estimate of drug-likeness (QED) is 0.642. The Bertz CT molecular complexity index is 255. The van der Waals surface area contributed by atoms with E-state index in [4.69, 9.17) is 4.52 Å². The van der Waals surface area contributed by atoms with Gasteiger partial charge in [0.1, 0.15) is 6.26 Å². The van der Waals surface area contributed by atoms with Gasteiger partial charge >= 0.3 is 0 Å². The molecular weight excluding hydrogens is 150 g/mol. The van der Waals surface area contributed by atoms with E-state index >= 15 is 0 Å². The van der Waals surface area contributed by atoms with Crippen LogP contribution >= 0.6 is 0 Å². The Morgan fingerprint density at radius 3 is 2.25 bits per heavy atom. The Morgan fingerprint density at radius 2 is 1.92 bits per heavy atom. The molecule has 2 nitrogen and oxygen atoms in total. The SMILES string of the molecule is CC(C)c1conc1C(C)(C)C. The van der Waals surface area contributed by atoms with Crippen LogP contribution in [0.2, 0.25) is 0 Å². The van der Waals surface area contributed by atoms with E-state index in [2.05, 4.69) is 39.8 Å². The molecule has 0 unspecified atom stereocenters. The van der Waals surface area contributed by atoms with Crippen molar-refractivity contribution in [2.24, 2.45) is 0 Å². The Hall–Kier alpha value is -0.790. The molecule has 1 aromatic rings. The summed E-state index contributed by atoms with van der Waals surface area (Å²) in [6, 6.07) is 0. The van der Waals surface area contributed by atoms with E-state index in [-0.39, 0.29) is 5.41 Å². The van der Waals surface area contributed by atoms with Crippen LogP contribution in [0.15, 0.2) is 10.8 Å². The van der Waals surface area contributed by atoms with Gasteiger partial charge in [-0.3, -0.25) is 0 Å². The fourth-order valence-corrected chi connectivity index (χ4v) is 1.22. The average Bonchev–Trinajstić information content (AvgIpc) is 2.30. The van der Waals surface area contributed by atoms with Gasteiger partial charge in [-0.2, -0.15) is 0 Å². The molecule has 1 rings (SSSR count). The molecule has 12 heavy (non-hydrogen) atoms. The van der Waals surface area contributed by atoms with E-state index in [1.165, 1.54) is 5.56 Å². The van der Waals surface area contributed by atoms with Crippen LogP contribution in [0, 0.1) is 0 Å². The van der Waals surface area contributed by atoms with Crippen molar-refractivity contribution in [3.63, 3.8) is 0 Å². The van der Waals surface area contributed by atoms with E-state index in [1.54, 1.807) is 6.26 Å². The van der Waals surface area contributed by atoms with Crippen LogP contribution in [-0.2, 0) is 5.41 Å². The summed E-state index contributed by atoms with van der Waals surface area (Å²) in [6.45, 7) is 10.8. The highest BCUT2D eigenvalue weighted by Crippen LogP contribution is 2.28. The third kappa shape index (κ3) is 1.68. The van der Waals surface area contributed by atoms with E-state index in [9.17, 15) is 0 Å². The predicted molar refractivity (Wildman–Crippen MR) is 49.3 cm³/mol. The molecule has 0 N–H and O–H groups in total. The van der Waals surface area contributed by atoms with Crippen molar-refractivity contribution in [1.82, 2.24) is 5.16 Å². The molecule has 0 spiro atoms. The number of aromatic nitrogens is 1. The number of rotatable bonds is 1. The Morgan fingerprint density at radius 1 is 1.33 bits per heavy atom. The maximum atomic E-state index is 4.98. The molecule has 2 heteroatoms. The van der Waals surface area contributed by atoms with Crippen molar-refractivity contribution in [3.05, 3.63) is 17.5 Å². The smallest absolute Gasteiger partial charge is 0.127 e. The van der Waals surface area contributed by atoms with Crippen LogP contribution in [0.25, 0.3) is 0 Å². The minimum Gasteiger partial charge on any atom is -0.364 e. The molecule has 0 saturated carbocycles. The molecular formula is C10H17NO. The van der Waals surface area contributed by atoms with Gasteiger partial charge in [0, 0.05) is 11.0 Å². The topological polar surface area (TPSA) is 26.0 Å². The van der Waals surface area contributed by atoms with E-state index in [0.29, 0.717) is 5.92 Å². The van der Waals surface area contributed by atoms with Crippen LogP contribution < -0.4 is 0 Å². The van der Waals surface area contributed by atoms with E-state index < -0.39 is 0 Å². The second-order valence-electron chi connectivity index (χ2n) is 4.52. The second-order valence-corrected chi connectivity index (χ2v) is 4.52. The van der Waals surface area contributed by atoms with E-state index in [0.717, 1.165) is 5.69 Å². The summed E-state index contributed by atoms with van der Waals surface area (Å²) in [5.41, 5.74) is 2.40. The molecule has 0 aliphatic heterocycles. The van der Waals surface area contributed by atoms with Crippen LogP contribution in [0.3, 0.4) is 0 Å². The van der Waals surface area contributed by atoms with Gasteiger partial charge in [0.15, 0.2) is 0 Å². The maximum absolute atomic E-state index is 4.98. The summed E-state index contributed by atoms with van der Waals surface area (Å²) in [5.74, 6) is 0.491. The van der Waals surface area contributed by atoms with Gasteiger partial charge in [0.25, 0.3) is 0 Å². The highest BCUT2D eigenvalue weighted by molar-refractivity contribution is 5.24. The summed E-state index contributed by atoms with van der Waals surface area (Å²) < 4.78 is 4.98. The third-order valence-electron chi connectivity index (χ3n) is 1.93. The largest absolute Gasteiger partial charge is 0.364 e. The van der Waals surface area contributed by atoms with Crippen molar-refractivity contribution < 1.29 is 4.52 Å². The monoisotopic (exact) mass is 167 g/mol. The summed E-state index contributed by atoms with van der Waals surface area (Å²) in [4.78, 5) is 0. The predicted octanol–water partition coefficient (Wildman–Crippen LogP) is 3.10. The van der Waals surface area contributed by atoms with Crippen molar-refractivity contribution in [2.75, 3.05) is 0 Å². The van der Waals surface area contributed by atoms with Crippen LogP contribution in [0.4, 0.5) is 0 Å². The summed E-state index contributed by atoms with van der Waals surface area (Å²) >= 11 is 0. The molecule has 0 amide bonds. The van der Waals surface area contributed by atoms with Crippen LogP contribution in [0.1, 0.15) is 51.8 Å². The zero-order valence-electron chi connectivity index (χ0n) is 8.51. The number of hydrogen-bond donors (Lipinski definition) is 0. The van der Waals surface area contributed by atoms with Crippen molar-refractivity contribution in [3.8, 4) is 0 Å². The fraction of sp³-hybridized carbons (Fsp3) is 0.700. The molecule has 0 atom stereocenters. The van der Waals surface area contributed by atoms with Gasteiger partial charge < -0.3 is 4.52 Å². The van der Waals surface area contributed by atoms with Gasteiger partial charge in [-0.25, -0.2) is 0 Å². The van der Waals surface area contributed by atoms with Crippen LogP contribution in [-0.4, -0.2) is 5.16 Å². The van der Waals surface area contributed by atoms with E-state index in [1.807, 2.05) is 0 Å². The average molecular weight is 167 g/mol. The molecule has 0 aliphatic carbocycles. The normalized spacial score (nSPS) is 12.5. The molecule has 0 saturated heterocycles. The van der Waals surface area contributed by atoms with Crippen molar-refractivity contribution in [1.29, 1.82) is 0 Å². The minimum absolute atomic E-state index is 0.0899. The van der Waals surface area contributed by atoms with Gasteiger partial charge in [-0.1, -0.05) is 39.8 Å². The summed E-state index contributed by atoms with van der Waals surface area (Å²) in [7, 11) is 0. The number of nitrogens with zero attached hydrogens (tertiary/aromatic N) is 1. The zero-order chi connectivity index (χ0) is 9.35. The van der Waals surface area contributed by atoms with Crippen molar-refractivity contribution in [2.45, 2.75) is 46.0 Å². The molecule has 0 fully saturated rings. The summed E-state index contributed by atoms with van der Waals surface area (Å²) in [5, 5.41) is 4.03. The molecule has 1 aromatic heterocycles. The first kappa shape index (κ1) is 9.30. The summed E-state index contributed by atoms with van der Waals surface area (Å²) in [6.07, 6.45) is 1.76. The third-order valence-corrected chi connectivity index (χ3v) is 1.93. The standard InChI is InChI=1S/C10H17NO/c1-7(2)8-6-12-11-9(8)10(3,4)5/h6-7H,1-5H3. The lowest BCUT2D eigenvalue weighted by Gasteiger charge is -2.17. The first-order valence-corrected chi connectivity index (χ1v) is 4.37. The minimum atomic E-state index is 0.0899. The van der Waals surface area contributed by atoms with Gasteiger partial charge in [-0.05, 0) is 5.92 Å². The molecule has 0 aromatic carbocycles. The molecule has 1 heterocycles.